The molecule has 3 rings (SSSR count). The molecular weight excluding hydrogens is 270 g/mol. The zero-order valence-corrected chi connectivity index (χ0v) is 12.2. The summed E-state index contributed by atoms with van der Waals surface area (Å²) in [6, 6.07) is 13.7. The number of nitrogens with one attached hydrogen (secondary N) is 1. The Morgan fingerprint density at radius 1 is 1.20 bits per heavy atom. The van der Waals surface area contributed by atoms with E-state index in [2.05, 4.69) is 36.5 Å². The summed E-state index contributed by atoms with van der Waals surface area (Å²) < 4.78 is 0. The van der Waals surface area contributed by atoms with Gasteiger partial charge in [0.25, 0.3) is 0 Å². The lowest BCUT2D eigenvalue weighted by Crippen LogP contribution is -2.29. The van der Waals surface area contributed by atoms with Gasteiger partial charge in [-0.05, 0) is 54.7 Å². The average Bonchev–Trinajstić information content (AvgIpc) is 3.17. The fourth-order valence-electron chi connectivity index (χ4n) is 2.78. The second-order valence-electron chi connectivity index (χ2n) is 5.57. The van der Waals surface area contributed by atoms with E-state index in [-0.39, 0.29) is 11.3 Å². The monoisotopic (exact) mass is 287 g/mol. The molecule has 0 bridgehead atoms. The van der Waals surface area contributed by atoms with Crippen molar-refractivity contribution >= 4 is 11.6 Å². The largest absolute Gasteiger partial charge is 0.508 e. The number of phenolic OH excluding ortho intramolecular Hbond substituents is 1. The van der Waals surface area contributed by atoms with Gasteiger partial charge in [-0.2, -0.15) is 0 Å². The zero-order valence-electron chi connectivity index (χ0n) is 11.5. The van der Waals surface area contributed by atoms with Crippen LogP contribution in [-0.2, 0) is 12.1 Å². The molecule has 2 nitrogen and oxygen atoms in total. The second kappa shape index (κ2) is 5.12. The molecule has 0 unspecified atom stereocenters. The summed E-state index contributed by atoms with van der Waals surface area (Å²) in [6.07, 6.45) is 2.31. The lowest BCUT2D eigenvalue weighted by Gasteiger charge is -2.20. The van der Waals surface area contributed by atoms with Crippen molar-refractivity contribution in [3.05, 3.63) is 64.2 Å². The van der Waals surface area contributed by atoms with Gasteiger partial charge in [0.2, 0.25) is 0 Å². The van der Waals surface area contributed by atoms with Crippen LogP contribution >= 0.6 is 11.6 Å². The Bertz CT molecular complexity index is 614. The van der Waals surface area contributed by atoms with Crippen molar-refractivity contribution in [3.63, 3.8) is 0 Å². The number of phenols is 1. The predicted molar refractivity (Wildman–Crippen MR) is 82.0 cm³/mol. The molecule has 1 aliphatic rings. The summed E-state index contributed by atoms with van der Waals surface area (Å²) in [5.41, 5.74) is 3.82. The Morgan fingerprint density at radius 3 is 2.60 bits per heavy atom. The van der Waals surface area contributed by atoms with E-state index in [1.165, 1.54) is 11.1 Å². The summed E-state index contributed by atoms with van der Waals surface area (Å²) >= 11 is 5.97. The molecule has 0 aromatic heterocycles. The van der Waals surface area contributed by atoms with E-state index in [0.717, 1.165) is 18.4 Å². The highest BCUT2D eigenvalue weighted by Gasteiger charge is 2.44. The number of hydrogen-bond acceptors (Lipinski definition) is 2. The normalized spacial score (nSPS) is 16.1. The second-order valence-corrected chi connectivity index (χ2v) is 6.00. The Labute approximate surface area is 124 Å². The number of halogens is 1. The standard InChI is InChI=1S/C17H18ClNO/c1-12-4-2-3-5-16(12)17(6-7-17)19-11-13-8-14(18)10-15(20)9-13/h2-5,8-10,19-20H,6-7,11H2,1H3. The lowest BCUT2D eigenvalue weighted by atomic mass is 9.99. The smallest absolute Gasteiger partial charge is 0.117 e. The highest BCUT2D eigenvalue weighted by molar-refractivity contribution is 6.30. The maximum Gasteiger partial charge on any atom is 0.117 e. The van der Waals surface area contributed by atoms with Crippen molar-refractivity contribution < 1.29 is 5.11 Å². The van der Waals surface area contributed by atoms with E-state index >= 15 is 0 Å². The van der Waals surface area contributed by atoms with Crippen LogP contribution in [0.5, 0.6) is 5.75 Å². The van der Waals surface area contributed by atoms with E-state index in [1.54, 1.807) is 12.1 Å². The first-order chi connectivity index (χ1) is 9.59. The first kappa shape index (κ1) is 13.5. The van der Waals surface area contributed by atoms with Crippen molar-refractivity contribution in [2.45, 2.75) is 31.8 Å². The Balaban J connectivity index is 1.77. The van der Waals surface area contributed by atoms with E-state index < -0.39 is 0 Å². The van der Waals surface area contributed by atoms with Crippen LogP contribution in [0.15, 0.2) is 42.5 Å². The molecule has 1 saturated carbocycles. The number of rotatable bonds is 4. The van der Waals surface area contributed by atoms with Crippen molar-refractivity contribution in [1.82, 2.24) is 5.32 Å². The van der Waals surface area contributed by atoms with Gasteiger partial charge in [-0.3, -0.25) is 0 Å². The maximum atomic E-state index is 9.59. The molecule has 3 heteroatoms. The number of aryl methyl sites for hydroxylation is 1. The molecule has 0 aliphatic heterocycles. The van der Waals surface area contributed by atoms with E-state index in [9.17, 15) is 5.11 Å². The number of hydrogen-bond donors (Lipinski definition) is 2. The van der Waals surface area contributed by atoms with Gasteiger partial charge in [-0.25, -0.2) is 0 Å². The summed E-state index contributed by atoms with van der Waals surface area (Å²) in [6.45, 7) is 2.87. The highest BCUT2D eigenvalue weighted by atomic mass is 35.5. The molecule has 1 aliphatic carbocycles. The van der Waals surface area contributed by atoms with Crippen molar-refractivity contribution in [3.8, 4) is 5.75 Å². The fourth-order valence-corrected chi connectivity index (χ4v) is 3.03. The number of aromatic hydroxyl groups is 1. The molecule has 20 heavy (non-hydrogen) atoms. The van der Waals surface area contributed by atoms with Crippen LogP contribution in [0.1, 0.15) is 29.5 Å². The van der Waals surface area contributed by atoms with Crippen molar-refractivity contribution in [2.24, 2.45) is 0 Å². The molecule has 0 amide bonds. The molecular formula is C17H18ClNO. The topological polar surface area (TPSA) is 32.3 Å². The quantitative estimate of drug-likeness (QED) is 0.886. The van der Waals surface area contributed by atoms with Crippen LogP contribution < -0.4 is 5.32 Å². The third-order valence-electron chi connectivity index (χ3n) is 3.98. The summed E-state index contributed by atoms with van der Waals surface area (Å²) in [5, 5.41) is 13.8. The molecule has 0 atom stereocenters. The SMILES string of the molecule is Cc1ccccc1C1(NCc2cc(O)cc(Cl)c2)CC1. The third kappa shape index (κ3) is 2.67. The van der Waals surface area contributed by atoms with Gasteiger partial charge in [0.1, 0.15) is 5.75 Å². The van der Waals surface area contributed by atoms with E-state index in [1.807, 2.05) is 6.07 Å². The number of benzene rings is 2. The molecule has 0 radical (unpaired) electrons. The van der Waals surface area contributed by atoms with Gasteiger partial charge in [0, 0.05) is 17.1 Å². The molecule has 1 fully saturated rings. The van der Waals surface area contributed by atoms with Crippen LogP contribution in [0.4, 0.5) is 0 Å². The minimum atomic E-state index is 0.100. The van der Waals surface area contributed by atoms with Gasteiger partial charge in [0.05, 0.1) is 0 Å². The molecule has 2 aromatic carbocycles. The van der Waals surface area contributed by atoms with Crippen LogP contribution in [0.25, 0.3) is 0 Å². The molecule has 2 aromatic rings. The summed E-state index contributed by atoms with van der Waals surface area (Å²) in [4.78, 5) is 0. The molecule has 0 heterocycles. The van der Waals surface area contributed by atoms with Crippen LogP contribution in [0.3, 0.4) is 0 Å². The first-order valence-electron chi connectivity index (χ1n) is 6.89. The van der Waals surface area contributed by atoms with Gasteiger partial charge < -0.3 is 10.4 Å². The Morgan fingerprint density at radius 2 is 1.95 bits per heavy atom. The van der Waals surface area contributed by atoms with Crippen molar-refractivity contribution in [2.75, 3.05) is 0 Å². The minimum Gasteiger partial charge on any atom is -0.508 e. The van der Waals surface area contributed by atoms with Crippen LogP contribution in [0, 0.1) is 6.92 Å². The molecule has 2 N–H and O–H groups in total. The molecule has 104 valence electrons. The van der Waals surface area contributed by atoms with Crippen LogP contribution in [-0.4, -0.2) is 5.11 Å². The predicted octanol–water partition coefficient (Wildman–Crippen LogP) is 4.13. The van der Waals surface area contributed by atoms with Gasteiger partial charge in [-0.1, -0.05) is 35.9 Å². The van der Waals surface area contributed by atoms with Gasteiger partial charge in [-0.15, -0.1) is 0 Å². The lowest BCUT2D eigenvalue weighted by molar-refractivity contribution is 0.472. The third-order valence-corrected chi connectivity index (χ3v) is 4.20. The van der Waals surface area contributed by atoms with Crippen molar-refractivity contribution in [1.29, 1.82) is 0 Å². The molecule has 0 saturated heterocycles. The summed E-state index contributed by atoms with van der Waals surface area (Å²) in [7, 11) is 0. The molecule has 0 spiro atoms. The van der Waals surface area contributed by atoms with Gasteiger partial charge >= 0.3 is 0 Å². The average molecular weight is 288 g/mol. The highest BCUT2D eigenvalue weighted by Crippen LogP contribution is 2.46. The zero-order chi connectivity index (χ0) is 14.2. The summed E-state index contributed by atoms with van der Waals surface area (Å²) in [5.74, 6) is 0.218. The maximum absolute atomic E-state index is 9.59. The van der Waals surface area contributed by atoms with Gasteiger partial charge in [0.15, 0.2) is 0 Å². The first-order valence-corrected chi connectivity index (χ1v) is 7.26. The Hall–Kier alpha value is -1.51. The van der Waals surface area contributed by atoms with Crippen LogP contribution in [0.2, 0.25) is 5.02 Å². The van der Waals surface area contributed by atoms with E-state index in [4.69, 9.17) is 11.6 Å². The Kier molecular flexibility index (Phi) is 3.45. The van der Waals surface area contributed by atoms with E-state index in [0.29, 0.717) is 11.6 Å². The minimum absolute atomic E-state index is 0.100. The fraction of sp³-hybridized carbons (Fsp3) is 0.294.